The van der Waals surface area contributed by atoms with Gasteiger partial charge in [-0.1, -0.05) is 89.6 Å². The van der Waals surface area contributed by atoms with E-state index < -0.39 is 17.2 Å². The molecule has 0 aliphatic heterocycles. The van der Waals surface area contributed by atoms with Gasteiger partial charge in [0.05, 0.1) is 34.9 Å². The molecule has 8 heteroatoms. The van der Waals surface area contributed by atoms with Gasteiger partial charge in [0.15, 0.2) is 0 Å². The van der Waals surface area contributed by atoms with E-state index in [1.165, 1.54) is 74.6 Å². The van der Waals surface area contributed by atoms with Crippen LogP contribution in [-0.2, 0) is 4.74 Å². The summed E-state index contributed by atoms with van der Waals surface area (Å²) in [6.07, 6.45) is 19.4. The average molecular weight is 867 g/mol. The summed E-state index contributed by atoms with van der Waals surface area (Å²) in [5, 5.41) is 34.7. The smallest absolute Gasteiger partial charge is 0.144 e. The van der Waals surface area contributed by atoms with Gasteiger partial charge in [-0.2, -0.15) is 21.0 Å². The second-order valence-electron chi connectivity index (χ2n) is 18.9. The maximum absolute atomic E-state index is 13.5. The predicted molar refractivity (Wildman–Crippen MR) is 248 cm³/mol. The molecule has 4 saturated carbocycles. The molecule has 336 valence electrons. The van der Waals surface area contributed by atoms with Crippen LogP contribution in [0.15, 0.2) is 78.9 Å². The molecule has 64 heavy (non-hydrogen) atoms. The van der Waals surface area contributed by atoms with E-state index in [9.17, 15) is 13.2 Å². The number of hydrogen-bond acceptors (Lipinski definition) is 5. The van der Waals surface area contributed by atoms with Crippen molar-refractivity contribution in [2.75, 3.05) is 7.11 Å². The van der Waals surface area contributed by atoms with Crippen LogP contribution < -0.4 is 0 Å². The van der Waals surface area contributed by atoms with Crippen molar-refractivity contribution >= 4 is 0 Å². The van der Waals surface area contributed by atoms with Gasteiger partial charge in [-0.3, -0.25) is 0 Å². The van der Waals surface area contributed by atoms with Crippen molar-refractivity contribution in [1.82, 2.24) is 0 Å². The highest BCUT2D eigenvalue weighted by Crippen LogP contribution is 2.39. The number of nitrogens with zero attached hydrogens (tertiary/aromatic N) is 4. The van der Waals surface area contributed by atoms with E-state index in [4.69, 9.17) is 25.8 Å². The molecule has 4 fully saturated rings. The molecule has 0 atom stereocenters. The zero-order valence-corrected chi connectivity index (χ0v) is 38.3. The van der Waals surface area contributed by atoms with E-state index in [0.717, 1.165) is 85.8 Å². The van der Waals surface area contributed by atoms with Gasteiger partial charge in [-0.25, -0.2) is 13.2 Å². The summed E-state index contributed by atoms with van der Waals surface area (Å²) in [5.41, 5.74) is 5.73. The molecular weight excluding hydrogens is 802 g/mol. The second-order valence-corrected chi connectivity index (χ2v) is 18.9. The fourth-order valence-electron chi connectivity index (χ4n) is 9.88. The summed E-state index contributed by atoms with van der Waals surface area (Å²) >= 11 is 0. The van der Waals surface area contributed by atoms with Gasteiger partial charge >= 0.3 is 0 Å². The van der Waals surface area contributed by atoms with Crippen LogP contribution in [0, 0.1) is 80.5 Å². The van der Waals surface area contributed by atoms with Crippen LogP contribution in [0.2, 0.25) is 0 Å². The third-order valence-corrected chi connectivity index (χ3v) is 14.3. The van der Waals surface area contributed by atoms with Crippen LogP contribution in [-0.4, -0.2) is 13.2 Å². The lowest BCUT2D eigenvalue weighted by Crippen LogP contribution is -2.19. The van der Waals surface area contributed by atoms with E-state index in [-0.39, 0.29) is 17.3 Å². The number of halogens is 3. The first-order chi connectivity index (χ1) is 30.9. The highest BCUT2D eigenvalue weighted by atomic mass is 19.1. The normalized spacial score (nSPS) is 25.0. The quantitative estimate of drug-likeness (QED) is 0.199. The molecule has 0 radical (unpaired) electrons. The Balaban J connectivity index is 0.000000161. The fourth-order valence-corrected chi connectivity index (χ4v) is 9.88. The molecule has 5 nitrogen and oxygen atoms in total. The van der Waals surface area contributed by atoms with Crippen molar-refractivity contribution < 1.29 is 17.9 Å². The third kappa shape index (κ3) is 14.6. The Kier molecular flexibility index (Phi) is 19.5. The first-order valence-corrected chi connectivity index (χ1v) is 23.6. The average Bonchev–Trinajstić information content (AvgIpc) is 3.33. The van der Waals surface area contributed by atoms with Crippen LogP contribution >= 0.6 is 0 Å². The highest BCUT2D eigenvalue weighted by Gasteiger charge is 2.24. The SMILES string of the molecule is CC1CCC(c2cc(F)c(C#N)c(F)c2)CC1.CC1CCC(c2ccc(C#N)c(F)c2)CC1.CC1CCC(c2ccc(C#N)cc2)CC1.COC1CCC(c2ccc(C#N)cc2)CC1. The number of rotatable bonds is 5. The Morgan fingerprint density at radius 3 is 1.09 bits per heavy atom. The Labute approximate surface area is 380 Å². The van der Waals surface area contributed by atoms with Gasteiger partial charge in [0.2, 0.25) is 0 Å². The van der Waals surface area contributed by atoms with Crippen molar-refractivity contribution in [3.05, 3.63) is 141 Å². The molecule has 4 aliphatic rings. The molecule has 0 aromatic heterocycles. The lowest BCUT2D eigenvalue weighted by molar-refractivity contribution is 0.0659. The zero-order valence-electron chi connectivity index (χ0n) is 38.3. The zero-order chi connectivity index (χ0) is 46.0. The van der Waals surface area contributed by atoms with Gasteiger partial charge in [-0.15, -0.1) is 0 Å². The summed E-state index contributed by atoms with van der Waals surface area (Å²) < 4.78 is 45.8. The Bertz CT molecular complexity index is 2210. The third-order valence-electron chi connectivity index (χ3n) is 14.3. The molecule has 8 rings (SSSR count). The van der Waals surface area contributed by atoms with Gasteiger partial charge in [0.1, 0.15) is 35.2 Å². The topological polar surface area (TPSA) is 104 Å². The number of benzene rings is 4. The molecule has 0 amide bonds. The second kappa shape index (κ2) is 25.2. The minimum absolute atomic E-state index is 0.146. The maximum atomic E-state index is 13.5. The number of nitriles is 4. The summed E-state index contributed by atoms with van der Waals surface area (Å²) in [6.45, 7) is 6.82. The lowest BCUT2D eigenvalue weighted by atomic mass is 9.79. The predicted octanol–water partition coefficient (Wildman–Crippen LogP) is 15.2. The van der Waals surface area contributed by atoms with Gasteiger partial charge in [0.25, 0.3) is 0 Å². The van der Waals surface area contributed by atoms with Crippen LogP contribution in [0.1, 0.15) is 192 Å². The van der Waals surface area contributed by atoms with Crippen molar-refractivity contribution in [3.63, 3.8) is 0 Å². The van der Waals surface area contributed by atoms with E-state index >= 15 is 0 Å². The first kappa shape index (κ1) is 49.6. The highest BCUT2D eigenvalue weighted by molar-refractivity contribution is 5.38. The van der Waals surface area contributed by atoms with Crippen LogP contribution in [0.25, 0.3) is 0 Å². The van der Waals surface area contributed by atoms with Gasteiger partial charge in [0, 0.05) is 7.11 Å². The lowest BCUT2D eigenvalue weighted by Gasteiger charge is -2.27. The first-order valence-electron chi connectivity index (χ1n) is 23.6. The molecule has 0 bridgehead atoms. The van der Waals surface area contributed by atoms with Crippen LogP contribution in [0.4, 0.5) is 13.2 Å². The monoisotopic (exact) mass is 867 g/mol. The van der Waals surface area contributed by atoms with Crippen molar-refractivity contribution in [1.29, 1.82) is 21.0 Å². The number of hydrogen-bond donors (Lipinski definition) is 0. The summed E-state index contributed by atoms with van der Waals surface area (Å²) in [4.78, 5) is 0. The molecule has 0 saturated heterocycles. The Morgan fingerprint density at radius 1 is 0.406 bits per heavy atom. The van der Waals surface area contributed by atoms with Crippen LogP contribution in [0.3, 0.4) is 0 Å². The summed E-state index contributed by atoms with van der Waals surface area (Å²) in [7, 11) is 1.80. The maximum Gasteiger partial charge on any atom is 0.144 e. The van der Waals surface area contributed by atoms with Gasteiger partial charge in [-0.05, 0) is 176 Å². The molecule has 4 aromatic rings. The molecule has 0 heterocycles. The summed E-state index contributed by atoms with van der Waals surface area (Å²) in [6, 6.07) is 31.6. The molecule has 0 spiro atoms. The molecule has 4 aromatic carbocycles. The van der Waals surface area contributed by atoms with Gasteiger partial charge < -0.3 is 4.74 Å². The van der Waals surface area contributed by atoms with E-state index in [1.807, 2.05) is 36.4 Å². The largest absolute Gasteiger partial charge is 0.381 e. The minimum atomic E-state index is -0.735. The van der Waals surface area contributed by atoms with E-state index in [1.54, 1.807) is 25.3 Å². The molecule has 0 N–H and O–H groups in total. The minimum Gasteiger partial charge on any atom is -0.381 e. The molecular formula is C56H65F3N4O. The van der Waals surface area contributed by atoms with Crippen molar-refractivity contribution in [2.45, 2.75) is 153 Å². The van der Waals surface area contributed by atoms with Crippen LogP contribution in [0.5, 0.6) is 0 Å². The Hall–Kier alpha value is -5.41. The van der Waals surface area contributed by atoms with E-state index in [0.29, 0.717) is 29.4 Å². The van der Waals surface area contributed by atoms with E-state index in [2.05, 4.69) is 57.2 Å². The van der Waals surface area contributed by atoms with Crippen molar-refractivity contribution in [3.8, 4) is 24.3 Å². The number of methoxy groups -OCH3 is 1. The standard InChI is InChI=1S/C14H15F2N.C14H16FN.C14H17NO.C14H17N/c1-9-2-4-10(5-3-9)11-6-13(15)12(8-17)14(16)7-11;1-10-2-4-11(5-3-10)12-6-7-13(9-16)14(15)8-12;1-16-14-8-6-13(7-9-14)12-4-2-11(10-15)3-5-12;1-11-2-6-13(7-3-11)14-8-4-12(10-15)5-9-14/h6-7,9-10H,2-5H2,1H3;6-8,10-11H,2-5H2,1H3;2-5,13-14H,6-9H2,1H3;4-5,8-9,11,13H,2-3,6-7H2,1H3. The molecule has 0 unspecified atom stereocenters. The fraction of sp³-hybridized carbons (Fsp3) is 0.500. The molecule has 4 aliphatic carbocycles. The number of ether oxygens (including phenoxy) is 1. The Morgan fingerprint density at radius 2 is 0.750 bits per heavy atom. The summed E-state index contributed by atoms with van der Waals surface area (Å²) in [5.74, 6) is 2.67. The van der Waals surface area contributed by atoms with Crippen molar-refractivity contribution in [2.24, 2.45) is 17.8 Å².